The average Bonchev–Trinajstić information content (AvgIpc) is 3.26. The zero-order valence-corrected chi connectivity index (χ0v) is 18.7. The number of carbonyl (C=O) groups is 1. The number of alkyl halides is 3. The number of carbonyl (C=O) groups excluding carboxylic acids is 1. The summed E-state index contributed by atoms with van der Waals surface area (Å²) in [7, 11) is -4.25. The van der Waals surface area contributed by atoms with E-state index in [4.69, 9.17) is 4.74 Å². The molecule has 2 aromatic rings. The standard InChI is InChI=1S/C21H24F3N3O4S/c1-20(2,3)31-19(28)27-8-7-14-11-26(12-16(14)27)32(29,30)17-6-4-5-13-9-25-10-15(18(13)17)21(22,23)24/h4-6,9-10,14,16H,7-8,11-12H2,1-3H3. The van der Waals surface area contributed by atoms with E-state index in [0.717, 1.165) is 0 Å². The first-order valence-electron chi connectivity index (χ1n) is 10.2. The molecular weight excluding hydrogens is 447 g/mol. The molecule has 1 aromatic carbocycles. The summed E-state index contributed by atoms with van der Waals surface area (Å²) in [6.07, 6.45) is -2.81. The number of amides is 1. The zero-order valence-electron chi connectivity index (χ0n) is 17.9. The van der Waals surface area contributed by atoms with E-state index in [0.29, 0.717) is 19.2 Å². The van der Waals surface area contributed by atoms with Crippen molar-refractivity contribution in [3.63, 3.8) is 0 Å². The molecule has 174 valence electrons. The maximum atomic E-state index is 13.6. The van der Waals surface area contributed by atoms with Crippen molar-refractivity contribution >= 4 is 26.9 Å². The monoisotopic (exact) mass is 471 g/mol. The third-order valence-electron chi connectivity index (χ3n) is 5.81. The first kappa shape index (κ1) is 22.8. The van der Waals surface area contributed by atoms with Crippen LogP contribution in [0.4, 0.5) is 18.0 Å². The molecule has 2 saturated heterocycles. The van der Waals surface area contributed by atoms with Gasteiger partial charge in [0.2, 0.25) is 10.0 Å². The molecule has 0 bridgehead atoms. The lowest BCUT2D eigenvalue weighted by molar-refractivity contribution is -0.136. The molecule has 32 heavy (non-hydrogen) atoms. The summed E-state index contributed by atoms with van der Waals surface area (Å²) in [5, 5.41) is -0.299. The molecule has 4 rings (SSSR count). The lowest BCUT2D eigenvalue weighted by atomic mass is 10.1. The van der Waals surface area contributed by atoms with Crippen LogP contribution in [0, 0.1) is 5.92 Å². The SMILES string of the molecule is CC(C)(C)OC(=O)N1CCC2CN(S(=O)(=O)c3cccc4cncc(C(F)(F)F)c34)CC21. The van der Waals surface area contributed by atoms with E-state index < -0.39 is 43.7 Å². The Morgan fingerprint density at radius 3 is 2.53 bits per heavy atom. The van der Waals surface area contributed by atoms with E-state index in [-0.39, 0.29) is 30.4 Å². The summed E-state index contributed by atoms with van der Waals surface area (Å²) in [5.74, 6) is -0.101. The van der Waals surface area contributed by atoms with Crippen molar-refractivity contribution in [1.29, 1.82) is 0 Å². The van der Waals surface area contributed by atoms with Crippen LogP contribution < -0.4 is 0 Å². The van der Waals surface area contributed by atoms with E-state index in [9.17, 15) is 26.4 Å². The van der Waals surface area contributed by atoms with Crippen molar-refractivity contribution in [2.75, 3.05) is 19.6 Å². The van der Waals surface area contributed by atoms with Gasteiger partial charge in [0.15, 0.2) is 0 Å². The number of aromatic nitrogens is 1. The van der Waals surface area contributed by atoms with Gasteiger partial charge in [-0.15, -0.1) is 0 Å². The molecule has 2 unspecified atom stereocenters. The lowest BCUT2D eigenvalue weighted by Gasteiger charge is -2.28. The van der Waals surface area contributed by atoms with Crippen LogP contribution in [0.25, 0.3) is 10.8 Å². The molecule has 3 heterocycles. The molecular formula is C21H24F3N3O4S. The van der Waals surface area contributed by atoms with Gasteiger partial charge >= 0.3 is 12.3 Å². The highest BCUT2D eigenvalue weighted by Gasteiger charge is 2.48. The van der Waals surface area contributed by atoms with Gasteiger partial charge in [-0.05, 0) is 39.2 Å². The molecule has 0 radical (unpaired) electrons. The fraction of sp³-hybridized carbons (Fsp3) is 0.524. The largest absolute Gasteiger partial charge is 0.444 e. The molecule has 0 aliphatic carbocycles. The minimum atomic E-state index is -4.76. The van der Waals surface area contributed by atoms with Crippen LogP contribution in [0.15, 0.2) is 35.5 Å². The molecule has 7 nitrogen and oxygen atoms in total. The van der Waals surface area contributed by atoms with Crippen molar-refractivity contribution < 1.29 is 31.1 Å². The quantitative estimate of drug-likeness (QED) is 0.664. The second-order valence-corrected chi connectivity index (χ2v) is 11.1. The Kier molecular flexibility index (Phi) is 5.40. The van der Waals surface area contributed by atoms with Gasteiger partial charge in [-0.1, -0.05) is 12.1 Å². The predicted molar refractivity (Wildman–Crippen MR) is 110 cm³/mol. The minimum Gasteiger partial charge on any atom is -0.444 e. The Hall–Kier alpha value is -2.40. The van der Waals surface area contributed by atoms with E-state index in [1.54, 1.807) is 20.8 Å². The van der Waals surface area contributed by atoms with Crippen molar-refractivity contribution in [3.05, 3.63) is 36.2 Å². The molecule has 0 N–H and O–H groups in total. The summed E-state index contributed by atoms with van der Waals surface area (Å²) in [4.78, 5) is 17.3. The number of likely N-dealkylation sites (tertiary alicyclic amines) is 1. The number of hydrogen-bond donors (Lipinski definition) is 0. The molecule has 11 heteroatoms. The summed E-state index contributed by atoms with van der Waals surface area (Å²) in [6.45, 7) is 5.84. The minimum absolute atomic E-state index is 0.00899. The van der Waals surface area contributed by atoms with E-state index in [1.807, 2.05) is 0 Å². The molecule has 0 saturated carbocycles. The Morgan fingerprint density at radius 2 is 1.88 bits per heavy atom. The van der Waals surface area contributed by atoms with Crippen LogP contribution in [0.5, 0.6) is 0 Å². The predicted octanol–water partition coefficient (Wildman–Crippen LogP) is 3.88. The first-order chi connectivity index (χ1) is 14.8. The second-order valence-electron chi connectivity index (χ2n) is 9.15. The third-order valence-corrected chi connectivity index (χ3v) is 7.68. The van der Waals surface area contributed by atoms with Crippen LogP contribution in [-0.4, -0.2) is 60.0 Å². The highest BCUT2D eigenvalue weighted by Crippen LogP contribution is 2.40. The Balaban J connectivity index is 1.68. The smallest absolute Gasteiger partial charge is 0.418 e. The van der Waals surface area contributed by atoms with Crippen LogP contribution >= 0.6 is 0 Å². The van der Waals surface area contributed by atoms with Crippen molar-refractivity contribution in [2.45, 2.75) is 49.9 Å². The van der Waals surface area contributed by atoms with Crippen LogP contribution in [0.2, 0.25) is 0 Å². The van der Waals surface area contributed by atoms with Gasteiger partial charge in [-0.2, -0.15) is 17.5 Å². The molecule has 0 spiro atoms. The molecule has 2 fully saturated rings. The van der Waals surface area contributed by atoms with Gasteiger partial charge in [0.05, 0.1) is 16.5 Å². The number of nitrogens with zero attached hydrogens (tertiary/aromatic N) is 3. The van der Waals surface area contributed by atoms with Gasteiger partial charge in [-0.25, -0.2) is 13.2 Å². The fourth-order valence-corrected chi connectivity index (χ4v) is 6.19. The summed E-state index contributed by atoms with van der Waals surface area (Å²) < 4.78 is 74.4. The summed E-state index contributed by atoms with van der Waals surface area (Å²) >= 11 is 0. The molecule has 2 atom stereocenters. The van der Waals surface area contributed by atoms with Gasteiger partial charge in [-0.3, -0.25) is 4.98 Å². The number of halogens is 3. The number of rotatable bonds is 2. The maximum absolute atomic E-state index is 13.6. The van der Waals surface area contributed by atoms with Gasteiger partial charge in [0.25, 0.3) is 0 Å². The molecule has 2 aliphatic heterocycles. The number of hydrogen-bond acceptors (Lipinski definition) is 5. The molecule has 1 amide bonds. The summed E-state index contributed by atoms with van der Waals surface area (Å²) in [6, 6.07) is 3.62. The number of fused-ring (bicyclic) bond motifs is 2. The zero-order chi connectivity index (χ0) is 23.5. The Bertz CT molecular complexity index is 1160. The Labute approximate surface area is 184 Å². The number of pyridine rings is 1. The normalized spacial score (nSPS) is 22.4. The van der Waals surface area contributed by atoms with Crippen LogP contribution in [-0.2, 0) is 20.9 Å². The van der Waals surface area contributed by atoms with Crippen molar-refractivity contribution in [1.82, 2.24) is 14.2 Å². The van der Waals surface area contributed by atoms with Crippen LogP contribution in [0.1, 0.15) is 32.8 Å². The molecule has 1 aromatic heterocycles. The van der Waals surface area contributed by atoms with Crippen molar-refractivity contribution in [3.8, 4) is 0 Å². The fourth-order valence-electron chi connectivity index (χ4n) is 4.44. The van der Waals surface area contributed by atoms with E-state index in [2.05, 4.69) is 4.98 Å². The van der Waals surface area contributed by atoms with Crippen molar-refractivity contribution in [2.24, 2.45) is 5.92 Å². The van der Waals surface area contributed by atoms with Gasteiger partial charge in [0.1, 0.15) is 5.60 Å². The van der Waals surface area contributed by atoms with E-state index in [1.165, 1.54) is 33.6 Å². The Morgan fingerprint density at radius 1 is 1.16 bits per heavy atom. The average molecular weight is 472 g/mol. The second kappa shape index (κ2) is 7.58. The lowest BCUT2D eigenvalue weighted by Crippen LogP contribution is -2.43. The highest BCUT2D eigenvalue weighted by atomic mass is 32.2. The third kappa shape index (κ3) is 4.03. The van der Waals surface area contributed by atoms with Crippen LogP contribution in [0.3, 0.4) is 0 Å². The first-order valence-corrected chi connectivity index (χ1v) is 11.7. The maximum Gasteiger partial charge on any atom is 0.418 e. The number of benzene rings is 1. The number of sulfonamides is 1. The highest BCUT2D eigenvalue weighted by molar-refractivity contribution is 7.89. The van der Waals surface area contributed by atoms with Gasteiger partial charge in [0, 0.05) is 42.8 Å². The summed E-state index contributed by atoms with van der Waals surface area (Å²) in [5.41, 5.74) is -1.78. The van der Waals surface area contributed by atoms with Gasteiger partial charge < -0.3 is 9.64 Å². The topological polar surface area (TPSA) is 79.8 Å². The molecule has 2 aliphatic rings. The van der Waals surface area contributed by atoms with E-state index >= 15 is 0 Å². The number of ether oxygens (including phenoxy) is 1.